The third-order valence-corrected chi connectivity index (χ3v) is 7.81. The van der Waals surface area contributed by atoms with E-state index in [2.05, 4.69) is 49.9 Å². The SMILES string of the molecule is CC(C)(C)c1ccc(CN2CCN(S(=O)(=O)c3ccc4ccccc4c3)CC2)cc1. The number of sulfonamides is 1. The molecule has 0 amide bonds. The summed E-state index contributed by atoms with van der Waals surface area (Å²) in [5, 5.41) is 2.01. The second kappa shape index (κ2) is 8.14. The number of fused-ring (bicyclic) bond motifs is 1. The minimum absolute atomic E-state index is 0.154. The smallest absolute Gasteiger partial charge is 0.243 e. The Bertz CT molecular complexity index is 1120. The number of piperazine rings is 1. The highest BCUT2D eigenvalue weighted by Gasteiger charge is 2.28. The molecule has 3 aromatic carbocycles. The molecule has 3 aromatic rings. The second-order valence-electron chi connectivity index (χ2n) is 9.14. The molecule has 0 unspecified atom stereocenters. The molecule has 1 heterocycles. The maximum Gasteiger partial charge on any atom is 0.243 e. The average molecular weight is 423 g/mol. The van der Waals surface area contributed by atoms with E-state index in [1.165, 1.54) is 11.1 Å². The molecule has 1 saturated heterocycles. The Morgan fingerprint density at radius 3 is 2.07 bits per heavy atom. The van der Waals surface area contributed by atoms with Crippen molar-refractivity contribution < 1.29 is 8.42 Å². The fraction of sp³-hybridized carbons (Fsp3) is 0.360. The first-order chi connectivity index (χ1) is 14.2. The van der Waals surface area contributed by atoms with Crippen LogP contribution in [0.5, 0.6) is 0 Å². The molecule has 30 heavy (non-hydrogen) atoms. The molecule has 0 saturated carbocycles. The van der Waals surface area contributed by atoms with Crippen LogP contribution in [-0.4, -0.2) is 43.8 Å². The number of hydrogen-bond acceptors (Lipinski definition) is 3. The zero-order valence-corrected chi connectivity index (χ0v) is 18.8. The predicted octanol–water partition coefficient (Wildman–Crippen LogP) is 4.64. The molecular weight excluding hydrogens is 392 g/mol. The van der Waals surface area contributed by atoms with Crippen molar-refractivity contribution >= 4 is 20.8 Å². The first kappa shape index (κ1) is 21.0. The number of nitrogens with zero attached hydrogens (tertiary/aromatic N) is 2. The molecule has 0 spiro atoms. The van der Waals surface area contributed by atoms with Gasteiger partial charge in [0.25, 0.3) is 0 Å². The molecule has 0 aliphatic carbocycles. The van der Waals surface area contributed by atoms with Crippen LogP contribution in [0.2, 0.25) is 0 Å². The zero-order chi connectivity index (χ0) is 21.4. The molecule has 0 aromatic heterocycles. The van der Waals surface area contributed by atoms with Crippen molar-refractivity contribution in [3.8, 4) is 0 Å². The summed E-state index contributed by atoms with van der Waals surface area (Å²) >= 11 is 0. The van der Waals surface area contributed by atoms with Gasteiger partial charge in [-0.15, -0.1) is 0 Å². The van der Waals surface area contributed by atoms with Gasteiger partial charge >= 0.3 is 0 Å². The van der Waals surface area contributed by atoms with Crippen LogP contribution < -0.4 is 0 Å². The van der Waals surface area contributed by atoms with Crippen LogP contribution in [0.15, 0.2) is 71.6 Å². The highest BCUT2D eigenvalue weighted by atomic mass is 32.2. The minimum atomic E-state index is -3.47. The standard InChI is InChI=1S/C25H30N2O2S/c1-25(2,3)23-11-8-20(9-12-23)19-26-14-16-27(17-15-26)30(28,29)24-13-10-21-6-4-5-7-22(21)18-24/h4-13,18H,14-17,19H2,1-3H3. The van der Waals surface area contributed by atoms with Crippen molar-refractivity contribution in [2.75, 3.05) is 26.2 Å². The second-order valence-corrected chi connectivity index (χ2v) is 11.1. The van der Waals surface area contributed by atoms with E-state index in [0.717, 1.165) is 30.4 Å². The molecule has 158 valence electrons. The van der Waals surface area contributed by atoms with Crippen LogP contribution in [0.1, 0.15) is 31.9 Å². The molecular formula is C25H30N2O2S. The van der Waals surface area contributed by atoms with Gasteiger partial charge in [0.1, 0.15) is 0 Å². The molecule has 1 aliphatic heterocycles. The summed E-state index contributed by atoms with van der Waals surface area (Å²) in [7, 11) is -3.47. The van der Waals surface area contributed by atoms with Crippen LogP contribution in [0, 0.1) is 0 Å². The molecule has 1 fully saturated rings. The summed E-state index contributed by atoms with van der Waals surface area (Å²) < 4.78 is 27.9. The molecule has 4 nitrogen and oxygen atoms in total. The van der Waals surface area contributed by atoms with E-state index in [0.29, 0.717) is 18.0 Å². The third kappa shape index (κ3) is 4.43. The van der Waals surface area contributed by atoms with E-state index < -0.39 is 10.0 Å². The lowest BCUT2D eigenvalue weighted by molar-refractivity contribution is 0.181. The molecule has 1 aliphatic rings. The summed E-state index contributed by atoms with van der Waals surface area (Å²) in [5.74, 6) is 0. The van der Waals surface area contributed by atoms with Gasteiger partial charge in [-0.3, -0.25) is 4.90 Å². The Kier molecular flexibility index (Phi) is 5.71. The van der Waals surface area contributed by atoms with Gasteiger partial charge in [-0.05, 0) is 39.4 Å². The maximum atomic E-state index is 13.1. The lowest BCUT2D eigenvalue weighted by atomic mass is 9.87. The van der Waals surface area contributed by atoms with E-state index in [1.54, 1.807) is 16.4 Å². The van der Waals surface area contributed by atoms with E-state index in [-0.39, 0.29) is 5.41 Å². The first-order valence-electron chi connectivity index (χ1n) is 10.5. The average Bonchev–Trinajstić information content (AvgIpc) is 2.73. The molecule has 5 heteroatoms. The van der Waals surface area contributed by atoms with E-state index in [1.807, 2.05) is 30.3 Å². The van der Waals surface area contributed by atoms with Crippen molar-refractivity contribution in [3.63, 3.8) is 0 Å². The van der Waals surface area contributed by atoms with Crippen molar-refractivity contribution in [2.45, 2.75) is 37.6 Å². The van der Waals surface area contributed by atoms with Crippen LogP contribution in [-0.2, 0) is 22.0 Å². The van der Waals surface area contributed by atoms with E-state index in [4.69, 9.17) is 0 Å². The maximum absolute atomic E-state index is 13.1. The molecule has 0 bridgehead atoms. The number of benzene rings is 3. The largest absolute Gasteiger partial charge is 0.296 e. The van der Waals surface area contributed by atoms with Gasteiger partial charge < -0.3 is 0 Å². The monoisotopic (exact) mass is 422 g/mol. The van der Waals surface area contributed by atoms with Gasteiger partial charge in [0.2, 0.25) is 10.0 Å². The van der Waals surface area contributed by atoms with Crippen molar-refractivity contribution in [1.29, 1.82) is 0 Å². The van der Waals surface area contributed by atoms with Gasteiger partial charge in [0, 0.05) is 32.7 Å². The lowest BCUT2D eigenvalue weighted by Gasteiger charge is -2.34. The molecule has 4 rings (SSSR count). The Morgan fingerprint density at radius 1 is 0.800 bits per heavy atom. The molecule has 0 radical (unpaired) electrons. The Labute approximate surface area is 180 Å². The van der Waals surface area contributed by atoms with Gasteiger partial charge in [-0.25, -0.2) is 8.42 Å². The van der Waals surface area contributed by atoms with Crippen LogP contribution >= 0.6 is 0 Å². The Hall–Kier alpha value is -2.21. The van der Waals surface area contributed by atoms with Crippen LogP contribution in [0.3, 0.4) is 0 Å². The zero-order valence-electron chi connectivity index (χ0n) is 18.0. The quantitative estimate of drug-likeness (QED) is 0.615. The topological polar surface area (TPSA) is 40.6 Å². The van der Waals surface area contributed by atoms with Crippen LogP contribution in [0.25, 0.3) is 10.8 Å². The van der Waals surface area contributed by atoms with Crippen LogP contribution in [0.4, 0.5) is 0 Å². The van der Waals surface area contributed by atoms with Gasteiger partial charge in [0.15, 0.2) is 0 Å². The summed E-state index contributed by atoms with van der Waals surface area (Å²) in [6.07, 6.45) is 0. The highest BCUT2D eigenvalue weighted by Crippen LogP contribution is 2.24. The third-order valence-electron chi connectivity index (χ3n) is 5.92. The summed E-state index contributed by atoms with van der Waals surface area (Å²) in [6.45, 7) is 10.0. The predicted molar refractivity (Wildman–Crippen MR) is 123 cm³/mol. The summed E-state index contributed by atoms with van der Waals surface area (Å²) in [5.41, 5.74) is 2.76. The summed E-state index contributed by atoms with van der Waals surface area (Å²) in [6, 6.07) is 22.0. The number of hydrogen-bond donors (Lipinski definition) is 0. The van der Waals surface area contributed by atoms with E-state index in [9.17, 15) is 8.42 Å². The fourth-order valence-corrected chi connectivity index (χ4v) is 5.43. The fourth-order valence-electron chi connectivity index (χ4n) is 3.97. The van der Waals surface area contributed by atoms with Gasteiger partial charge in [-0.1, -0.05) is 75.4 Å². The van der Waals surface area contributed by atoms with Crippen molar-refractivity contribution in [2.24, 2.45) is 0 Å². The molecule has 0 atom stereocenters. The van der Waals surface area contributed by atoms with Crippen molar-refractivity contribution in [1.82, 2.24) is 9.21 Å². The Balaban J connectivity index is 1.40. The van der Waals surface area contributed by atoms with E-state index >= 15 is 0 Å². The molecule has 0 N–H and O–H groups in total. The Morgan fingerprint density at radius 2 is 1.43 bits per heavy atom. The number of rotatable bonds is 4. The van der Waals surface area contributed by atoms with Crippen molar-refractivity contribution in [3.05, 3.63) is 77.9 Å². The first-order valence-corrected chi connectivity index (χ1v) is 12.0. The van der Waals surface area contributed by atoms with Gasteiger partial charge in [-0.2, -0.15) is 4.31 Å². The normalized spacial score (nSPS) is 16.8. The summed E-state index contributed by atoms with van der Waals surface area (Å²) in [4.78, 5) is 2.71. The van der Waals surface area contributed by atoms with Gasteiger partial charge in [0.05, 0.1) is 4.90 Å². The minimum Gasteiger partial charge on any atom is -0.296 e. The lowest BCUT2D eigenvalue weighted by Crippen LogP contribution is -2.48. The highest BCUT2D eigenvalue weighted by molar-refractivity contribution is 7.89.